The SMILES string of the molecule is COCC1(N(C)Cc2cc(C)c(C(=O)O)o2)CCC1. The number of nitrogens with zero attached hydrogens (tertiary/aromatic N) is 1. The maximum atomic E-state index is 11.0. The molecule has 0 aromatic carbocycles. The Hall–Kier alpha value is -1.33. The van der Waals surface area contributed by atoms with E-state index >= 15 is 0 Å². The van der Waals surface area contributed by atoms with Crippen molar-refractivity contribution >= 4 is 5.97 Å². The van der Waals surface area contributed by atoms with E-state index in [1.807, 2.05) is 7.05 Å². The minimum atomic E-state index is -1.01. The first-order valence-electron chi connectivity index (χ1n) is 6.51. The van der Waals surface area contributed by atoms with E-state index in [2.05, 4.69) is 4.90 Å². The van der Waals surface area contributed by atoms with Crippen LogP contribution in [0.1, 0.15) is 41.1 Å². The van der Waals surface area contributed by atoms with E-state index in [9.17, 15) is 4.79 Å². The number of hydrogen-bond donors (Lipinski definition) is 1. The van der Waals surface area contributed by atoms with E-state index < -0.39 is 5.97 Å². The number of hydrogen-bond acceptors (Lipinski definition) is 4. The Morgan fingerprint density at radius 2 is 2.26 bits per heavy atom. The molecule has 0 saturated heterocycles. The Morgan fingerprint density at radius 1 is 1.58 bits per heavy atom. The van der Waals surface area contributed by atoms with Crippen LogP contribution < -0.4 is 0 Å². The molecule has 2 rings (SSSR count). The zero-order valence-corrected chi connectivity index (χ0v) is 11.7. The number of carbonyl (C=O) groups is 1. The summed E-state index contributed by atoms with van der Waals surface area (Å²) in [6, 6.07) is 1.80. The minimum absolute atomic E-state index is 0.0396. The van der Waals surface area contributed by atoms with Crippen molar-refractivity contribution in [3.05, 3.63) is 23.2 Å². The van der Waals surface area contributed by atoms with Crippen molar-refractivity contribution in [2.45, 2.75) is 38.3 Å². The molecule has 0 amide bonds. The number of carboxylic acid groups (broad SMARTS) is 1. The summed E-state index contributed by atoms with van der Waals surface area (Å²) in [5.74, 6) is -0.278. The van der Waals surface area contributed by atoms with Gasteiger partial charge in [-0.05, 0) is 39.3 Å². The molecule has 19 heavy (non-hydrogen) atoms. The summed E-state index contributed by atoms with van der Waals surface area (Å²) >= 11 is 0. The number of carboxylic acids is 1. The number of methoxy groups -OCH3 is 1. The van der Waals surface area contributed by atoms with Gasteiger partial charge in [-0.15, -0.1) is 0 Å². The van der Waals surface area contributed by atoms with Gasteiger partial charge in [-0.25, -0.2) is 4.79 Å². The van der Waals surface area contributed by atoms with Crippen LogP contribution in [0.4, 0.5) is 0 Å². The van der Waals surface area contributed by atoms with Crippen LogP contribution in [-0.4, -0.2) is 42.3 Å². The summed E-state index contributed by atoms with van der Waals surface area (Å²) in [6.45, 7) is 3.07. The van der Waals surface area contributed by atoms with E-state index in [1.165, 1.54) is 6.42 Å². The molecule has 106 valence electrons. The number of furan rings is 1. The molecule has 1 aliphatic rings. The van der Waals surface area contributed by atoms with Gasteiger partial charge < -0.3 is 14.3 Å². The monoisotopic (exact) mass is 267 g/mol. The van der Waals surface area contributed by atoms with Gasteiger partial charge in [0.2, 0.25) is 5.76 Å². The van der Waals surface area contributed by atoms with Crippen LogP contribution in [0.5, 0.6) is 0 Å². The predicted molar refractivity (Wildman–Crippen MR) is 70.3 cm³/mol. The lowest BCUT2D eigenvalue weighted by Gasteiger charge is -2.48. The zero-order chi connectivity index (χ0) is 14.0. The molecule has 1 saturated carbocycles. The van der Waals surface area contributed by atoms with Crippen LogP contribution in [0.2, 0.25) is 0 Å². The Bertz CT molecular complexity index is 462. The molecule has 5 nitrogen and oxygen atoms in total. The first-order chi connectivity index (χ1) is 8.98. The Kier molecular flexibility index (Phi) is 3.96. The van der Waals surface area contributed by atoms with Crippen molar-refractivity contribution < 1.29 is 19.1 Å². The molecular weight excluding hydrogens is 246 g/mol. The van der Waals surface area contributed by atoms with Crippen molar-refractivity contribution in [2.75, 3.05) is 20.8 Å². The molecule has 1 aliphatic carbocycles. The fourth-order valence-corrected chi connectivity index (χ4v) is 2.73. The third-order valence-corrected chi connectivity index (χ3v) is 4.06. The fourth-order valence-electron chi connectivity index (χ4n) is 2.73. The quantitative estimate of drug-likeness (QED) is 0.856. The van der Waals surface area contributed by atoms with Gasteiger partial charge in [0.25, 0.3) is 0 Å². The van der Waals surface area contributed by atoms with Crippen LogP contribution in [0, 0.1) is 6.92 Å². The largest absolute Gasteiger partial charge is 0.475 e. The maximum absolute atomic E-state index is 11.0. The lowest BCUT2D eigenvalue weighted by Crippen LogP contribution is -2.54. The van der Waals surface area contributed by atoms with Gasteiger partial charge in [-0.1, -0.05) is 0 Å². The number of likely N-dealkylation sites (N-methyl/N-ethyl adjacent to an activating group) is 1. The second kappa shape index (κ2) is 5.35. The third kappa shape index (κ3) is 2.67. The highest BCUT2D eigenvalue weighted by Gasteiger charge is 2.41. The van der Waals surface area contributed by atoms with Crippen molar-refractivity contribution in [2.24, 2.45) is 0 Å². The topological polar surface area (TPSA) is 62.9 Å². The molecule has 0 aliphatic heterocycles. The highest BCUT2D eigenvalue weighted by atomic mass is 16.5. The number of rotatable bonds is 6. The van der Waals surface area contributed by atoms with Gasteiger partial charge in [0.1, 0.15) is 5.76 Å². The van der Waals surface area contributed by atoms with E-state index in [0.717, 1.165) is 12.8 Å². The van der Waals surface area contributed by atoms with Crippen LogP contribution in [0.3, 0.4) is 0 Å². The molecule has 1 N–H and O–H groups in total. The summed E-state index contributed by atoms with van der Waals surface area (Å²) in [4.78, 5) is 13.2. The molecule has 0 spiro atoms. The number of aryl methyl sites for hydroxylation is 1. The molecule has 0 unspecified atom stereocenters. The molecule has 0 atom stereocenters. The summed E-state index contributed by atoms with van der Waals surface area (Å²) < 4.78 is 10.7. The Balaban J connectivity index is 2.08. The highest BCUT2D eigenvalue weighted by molar-refractivity contribution is 5.86. The van der Waals surface area contributed by atoms with Crippen LogP contribution >= 0.6 is 0 Å². The molecule has 1 aromatic rings. The molecular formula is C14H21NO4. The predicted octanol–water partition coefficient (Wildman–Crippen LogP) is 2.29. The van der Waals surface area contributed by atoms with E-state index in [-0.39, 0.29) is 11.3 Å². The van der Waals surface area contributed by atoms with Crippen LogP contribution in [0.15, 0.2) is 10.5 Å². The van der Waals surface area contributed by atoms with Gasteiger partial charge in [0.15, 0.2) is 0 Å². The highest BCUT2D eigenvalue weighted by Crippen LogP contribution is 2.38. The van der Waals surface area contributed by atoms with Crippen molar-refractivity contribution in [1.29, 1.82) is 0 Å². The first-order valence-corrected chi connectivity index (χ1v) is 6.51. The lowest BCUT2D eigenvalue weighted by atomic mass is 9.76. The first kappa shape index (κ1) is 14.1. The Labute approximate surface area is 113 Å². The summed E-state index contributed by atoms with van der Waals surface area (Å²) in [6.07, 6.45) is 3.44. The maximum Gasteiger partial charge on any atom is 0.372 e. The van der Waals surface area contributed by atoms with E-state index in [0.29, 0.717) is 24.5 Å². The van der Waals surface area contributed by atoms with Gasteiger partial charge in [0.05, 0.1) is 13.2 Å². The lowest BCUT2D eigenvalue weighted by molar-refractivity contribution is -0.0359. The number of ether oxygens (including phenoxy) is 1. The van der Waals surface area contributed by atoms with Gasteiger partial charge in [-0.3, -0.25) is 4.90 Å². The average molecular weight is 267 g/mol. The van der Waals surface area contributed by atoms with Crippen LogP contribution in [-0.2, 0) is 11.3 Å². The second-order valence-electron chi connectivity index (χ2n) is 5.40. The van der Waals surface area contributed by atoms with Crippen molar-refractivity contribution in [1.82, 2.24) is 4.90 Å². The number of aromatic carboxylic acids is 1. The molecule has 1 aromatic heterocycles. The van der Waals surface area contributed by atoms with E-state index in [4.69, 9.17) is 14.3 Å². The van der Waals surface area contributed by atoms with Crippen LogP contribution in [0.25, 0.3) is 0 Å². The third-order valence-electron chi connectivity index (χ3n) is 4.06. The molecule has 0 bridgehead atoms. The van der Waals surface area contributed by atoms with Crippen molar-refractivity contribution in [3.8, 4) is 0 Å². The van der Waals surface area contributed by atoms with E-state index in [1.54, 1.807) is 20.1 Å². The minimum Gasteiger partial charge on any atom is -0.475 e. The van der Waals surface area contributed by atoms with Gasteiger partial charge >= 0.3 is 5.97 Å². The smallest absolute Gasteiger partial charge is 0.372 e. The molecule has 1 fully saturated rings. The Morgan fingerprint density at radius 3 is 2.68 bits per heavy atom. The van der Waals surface area contributed by atoms with Crippen molar-refractivity contribution in [3.63, 3.8) is 0 Å². The molecule has 1 heterocycles. The second-order valence-corrected chi connectivity index (χ2v) is 5.40. The summed E-state index contributed by atoms with van der Waals surface area (Å²) in [5.41, 5.74) is 0.754. The van der Waals surface area contributed by atoms with Gasteiger partial charge in [-0.2, -0.15) is 0 Å². The molecule has 0 radical (unpaired) electrons. The standard InChI is InChI=1S/C14H21NO4/c1-10-7-11(19-12(10)13(16)17)8-15(2)14(9-18-3)5-4-6-14/h7H,4-6,8-9H2,1-3H3,(H,16,17). The summed E-state index contributed by atoms with van der Waals surface area (Å²) in [7, 11) is 3.75. The fraction of sp³-hybridized carbons (Fsp3) is 0.643. The normalized spacial score (nSPS) is 17.5. The molecule has 5 heteroatoms. The average Bonchev–Trinajstić information content (AvgIpc) is 2.64. The zero-order valence-electron chi connectivity index (χ0n) is 11.7. The van der Waals surface area contributed by atoms with Gasteiger partial charge in [0, 0.05) is 18.2 Å². The summed E-state index contributed by atoms with van der Waals surface area (Å²) in [5, 5.41) is 8.99.